The third kappa shape index (κ3) is 3.74. The number of hydrogen-bond donors (Lipinski definition) is 1. The lowest BCUT2D eigenvalue weighted by atomic mass is 10.1. The van der Waals surface area contributed by atoms with Crippen molar-refractivity contribution in [3.8, 4) is 0 Å². The maximum Gasteiger partial charge on any atom is 0.341 e. The molecular formula is C12H17F2NO2S. The maximum absolute atomic E-state index is 12.3. The van der Waals surface area contributed by atoms with Gasteiger partial charge in [-0.2, -0.15) is 8.78 Å². The molecule has 0 aliphatic carbocycles. The van der Waals surface area contributed by atoms with E-state index >= 15 is 0 Å². The van der Waals surface area contributed by atoms with Crippen LogP contribution in [0.3, 0.4) is 0 Å². The second kappa shape index (κ2) is 6.24. The first-order chi connectivity index (χ1) is 8.37. The smallest absolute Gasteiger partial charge is 0.314 e. The van der Waals surface area contributed by atoms with E-state index in [-0.39, 0.29) is 10.9 Å². The van der Waals surface area contributed by atoms with Crippen LogP contribution in [0.2, 0.25) is 0 Å². The third-order valence-electron chi connectivity index (χ3n) is 2.58. The molecule has 1 aromatic rings. The molecule has 0 radical (unpaired) electrons. The van der Waals surface area contributed by atoms with Crippen molar-refractivity contribution in [2.45, 2.75) is 37.0 Å². The van der Waals surface area contributed by atoms with Crippen LogP contribution in [0, 0.1) is 0 Å². The van der Waals surface area contributed by atoms with Gasteiger partial charge in [-0.3, -0.25) is 0 Å². The highest BCUT2D eigenvalue weighted by molar-refractivity contribution is 7.91. The van der Waals surface area contributed by atoms with Gasteiger partial charge in [0.15, 0.2) is 0 Å². The summed E-state index contributed by atoms with van der Waals surface area (Å²) in [4.78, 5) is -0.336. The number of alkyl halides is 2. The van der Waals surface area contributed by atoms with E-state index in [1.165, 1.54) is 12.1 Å². The van der Waals surface area contributed by atoms with Gasteiger partial charge in [-0.25, -0.2) is 8.42 Å². The second-order valence-corrected chi connectivity index (χ2v) is 6.03. The fourth-order valence-electron chi connectivity index (χ4n) is 1.69. The summed E-state index contributed by atoms with van der Waals surface area (Å²) in [5.41, 5.74) is 0.914. The van der Waals surface area contributed by atoms with Gasteiger partial charge in [-0.1, -0.05) is 19.1 Å². The number of halogens is 2. The SMILES string of the molecule is CCNC(C)Cc1ccc(S(=O)(=O)C(F)F)cc1. The van der Waals surface area contributed by atoms with Crippen LogP contribution in [-0.4, -0.2) is 26.8 Å². The van der Waals surface area contributed by atoms with E-state index in [9.17, 15) is 17.2 Å². The summed E-state index contributed by atoms with van der Waals surface area (Å²) < 4.78 is 47.0. The van der Waals surface area contributed by atoms with Crippen LogP contribution in [0.15, 0.2) is 29.2 Å². The monoisotopic (exact) mass is 277 g/mol. The molecule has 102 valence electrons. The molecular weight excluding hydrogens is 260 g/mol. The summed E-state index contributed by atoms with van der Waals surface area (Å²) in [6.07, 6.45) is 0.725. The first kappa shape index (κ1) is 15.0. The Morgan fingerprint density at radius 2 is 1.78 bits per heavy atom. The zero-order valence-electron chi connectivity index (χ0n) is 10.4. The molecule has 0 saturated heterocycles. The van der Waals surface area contributed by atoms with Crippen LogP contribution in [0.4, 0.5) is 8.78 Å². The molecule has 0 heterocycles. The lowest BCUT2D eigenvalue weighted by molar-refractivity contribution is 0.234. The van der Waals surface area contributed by atoms with Gasteiger partial charge in [0.2, 0.25) is 9.84 Å². The second-order valence-electron chi connectivity index (χ2n) is 4.11. The normalized spacial score (nSPS) is 13.8. The van der Waals surface area contributed by atoms with Gasteiger partial charge in [0.1, 0.15) is 0 Å². The molecule has 1 rings (SSSR count). The summed E-state index contributed by atoms with van der Waals surface area (Å²) in [6, 6.07) is 5.87. The quantitative estimate of drug-likeness (QED) is 0.867. The lowest BCUT2D eigenvalue weighted by Gasteiger charge is -2.12. The van der Waals surface area contributed by atoms with E-state index in [1.807, 2.05) is 13.8 Å². The zero-order chi connectivity index (χ0) is 13.8. The van der Waals surface area contributed by atoms with Crippen LogP contribution in [0.1, 0.15) is 19.4 Å². The molecule has 3 nitrogen and oxygen atoms in total. The molecule has 6 heteroatoms. The van der Waals surface area contributed by atoms with Crippen molar-refractivity contribution in [2.24, 2.45) is 0 Å². The number of benzene rings is 1. The van der Waals surface area contributed by atoms with Gasteiger partial charge in [-0.15, -0.1) is 0 Å². The summed E-state index contributed by atoms with van der Waals surface area (Å²) in [7, 11) is -4.48. The molecule has 0 aromatic heterocycles. The van der Waals surface area contributed by atoms with Crippen LogP contribution >= 0.6 is 0 Å². The zero-order valence-corrected chi connectivity index (χ0v) is 11.2. The van der Waals surface area contributed by atoms with E-state index in [2.05, 4.69) is 5.32 Å². The number of hydrogen-bond acceptors (Lipinski definition) is 3. The predicted octanol–water partition coefficient (Wildman–Crippen LogP) is 2.22. The molecule has 1 atom stereocenters. The van der Waals surface area contributed by atoms with Crippen molar-refractivity contribution < 1.29 is 17.2 Å². The Kier molecular flexibility index (Phi) is 5.22. The average Bonchev–Trinajstić information content (AvgIpc) is 2.29. The molecule has 1 aromatic carbocycles. The van der Waals surface area contributed by atoms with Crippen molar-refractivity contribution >= 4 is 9.84 Å². The molecule has 0 spiro atoms. The van der Waals surface area contributed by atoms with Gasteiger partial charge in [0, 0.05) is 6.04 Å². The van der Waals surface area contributed by atoms with E-state index in [1.54, 1.807) is 12.1 Å². The largest absolute Gasteiger partial charge is 0.341 e. The standard InChI is InChI=1S/C12H17F2NO2S/c1-3-15-9(2)8-10-4-6-11(7-5-10)18(16,17)12(13)14/h4-7,9,12,15H,3,8H2,1-2H3. The summed E-state index contributed by atoms with van der Waals surface area (Å²) in [6.45, 7) is 4.85. The van der Waals surface area contributed by atoms with Gasteiger partial charge < -0.3 is 5.32 Å². The molecule has 1 unspecified atom stereocenters. The number of rotatable bonds is 6. The highest BCUT2D eigenvalue weighted by Gasteiger charge is 2.26. The number of likely N-dealkylation sites (N-methyl/N-ethyl adjacent to an activating group) is 1. The molecule has 0 aliphatic rings. The summed E-state index contributed by atoms with van der Waals surface area (Å²) in [5.74, 6) is -3.37. The maximum atomic E-state index is 12.3. The van der Waals surface area contributed by atoms with E-state index in [0.717, 1.165) is 18.5 Å². The van der Waals surface area contributed by atoms with Crippen molar-refractivity contribution in [3.63, 3.8) is 0 Å². The van der Waals surface area contributed by atoms with Gasteiger partial charge in [-0.05, 0) is 37.6 Å². The highest BCUT2D eigenvalue weighted by Crippen LogP contribution is 2.19. The minimum atomic E-state index is -4.48. The van der Waals surface area contributed by atoms with E-state index in [0.29, 0.717) is 0 Å². The average molecular weight is 277 g/mol. The molecule has 0 saturated carbocycles. The molecule has 0 fully saturated rings. The molecule has 0 bridgehead atoms. The summed E-state index contributed by atoms with van der Waals surface area (Å²) >= 11 is 0. The molecule has 1 N–H and O–H groups in total. The number of nitrogens with one attached hydrogen (secondary N) is 1. The Labute approximate surface area is 106 Å². The summed E-state index contributed by atoms with van der Waals surface area (Å²) in [5, 5.41) is 3.22. The topological polar surface area (TPSA) is 46.2 Å². The van der Waals surface area contributed by atoms with Crippen molar-refractivity contribution in [3.05, 3.63) is 29.8 Å². The molecule has 0 aliphatic heterocycles. The Balaban J connectivity index is 2.81. The van der Waals surface area contributed by atoms with Crippen LogP contribution in [0.5, 0.6) is 0 Å². The number of sulfone groups is 1. The van der Waals surface area contributed by atoms with Crippen LogP contribution < -0.4 is 5.32 Å². The van der Waals surface area contributed by atoms with Crippen LogP contribution in [-0.2, 0) is 16.3 Å². The minimum absolute atomic E-state index is 0.257. The van der Waals surface area contributed by atoms with Gasteiger partial charge in [0.25, 0.3) is 0 Å². The minimum Gasteiger partial charge on any atom is -0.314 e. The highest BCUT2D eigenvalue weighted by atomic mass is 32.2. The van der Waals surface area contributed by atoms with E-state index < -0.39 is 15.6 Å². The fraction of sp³-hybridized carbons (Fsp3) is 0.500. The lowest BCUT2D eigenvalue weighted by Crippen LogP contribution is -2.27. The van der Waals surface area contributed by atoms with Crippen molar-refractivity contribution in [1.82, 2.24) is 5.32 Å². The Morgan fingerprint density at radius 3 is 2.22 bits per heavy atom. The van der Waals surface area contributed by atoms with Crippen molar-refractivity contribution in [1.29, 1.82) is 0 Å². The first-order valence-corrected chi connectivity index (χ1v) is 7.27. The predicted molar refractivity (Wildman–Crippen MR) is 66.5 cm³/mol. The Morgan fingerprint density at radius 1 is 1.22 bits per heavy atom. The fourth-order valence-corrected chi connectivity index (χ4v) is 2.41. The Bertz CT molecular complexity index is 471. The van der Waals surface area contributed by atoms with Crippen LogP contribution in [0.25, 0.3) is 0 Å². The molecule has 18 heavy (non-hydrogen) atoms. The van der Waals surface area contributed by atoms with E-state index in [4.69, 9.17) is 0 Å². The van der Waals surface area contributed by atoms with Crippen molar-refractivity contribution in [2.75, 3.05) is 6.54 Å². The van der Waals surface area contributed by atoms with Gasteiger partial charge in [0.05, 0.1) is 4.90 Å². The third-order valence-corrected chi connectivity index (χ3v) is 3.98. The molecule has 0 amide bonds. The Hall–Kier alpha value is -1.01. The first-order valence-electron chi connectivity index (χ1n) is 5.72. The van der Waals surface area contributed by atoms with Gasteiger partial charge >= 0.3 is 5.76 Å².